The number of ether oxygens (including phenoxy) is 2. The zero-order chi connectivity index (χ0) is 19.3. The summed E-state index contributed by atoms with van der Waals surface area (Å²) in [5.74, 6) is 1.35. The first-order chi connectivity index (χ1) is 13.7. The Labute approximate surface area is 166 Å². The van der Waals surface area contributed by atoms with Gasteiger partial charge in [0.2, 0.25) is 5.91 Å². The van der Waals surface area contributed by atoms with Gasteiger partial charge in [0.1, 0.15) is 0 Å². The molecule has 1 aliphatic carbocycles. The predicted molar refractivity (Wildman–Crippen MR) is 110 cm³/mol. The van der Waals surface area contributed by atoms with E-state index in [0.717, 1.165) is 17.9 Å². The van der Waals surface area contributed by atoms with Crippen LogP contribution >= 0.6 is 0 Å². The molecule has 2 aromatic carbocycles. The zero-order valence-electron chi connectivity index (χ0n) is 16.4. The number of rotatable bonds is 5. The average molecular weight is 380 g/mol. The minimum Gasteiger partial charge on any atom is -0.490 e. The van der Waals surface area contributed by atoms with Crippen LogP contribution in [0.3, 0.4) is 0 Å². The van der Waals surface area contributed by atoms with Gasteiger partial charge in [-0.3, -0.25) is 4.79 Å². The quantitative estimate of drug-likeness (QED) is 0.823. The molecule has 0 saturated heterocycles. The molecule has 2 N–H and O–H groups in total. The van der Waals surface area contributed by atoms with E-state index < -0.39 is 0 Å². The summed E-state index contributed by atoms with van der Waals surface area (Å²) in [6.45, 7) is 3.64. The Bertz CT molecular complexity index is 850. The van der Waals surface area contributed by atoms with Gasteiger partial charge in [0, 0.05) is 24.2 Å². The Hall–Kier alpha value is -2.53. The first-order valence-electron chi connectivity index (χ1n) is 10.2. The second-order valence-corrected chi connectivity index (χ2v) is 7.60. The van der Waals surface area contributed by atoms with E-state index in [1.54, 1.807) is 0 Å². The highest BCUT2D eigenvalue weighted by molar-refractivity contribution is 5.92. The number of fused-ring (bicyclic) bond motifs is 2. The third-order valence-electron chi connectivity index (χ3n) is 5.47. The van der Waals surface area contributed by atoms with Crippen LogP contribution in [0.15, 0.2) is 36.4 Å². The van der Waals surface area contributed by atoms with Crippen LogP contribution in [-0.2, 0) is 17.6 Å². The maximum atomic E-state index is 12.4. The van der Waals surface area contributed by atoms with Crippen molar-refractivity contribution in [3.05, 3.63) is 53.1 Å². The van der Waals surface area contributed by atoms with E-state index in [1.807, 2.05) is 18.2 Å². The largest absolute Gasteiger partial charge is 0.490 e. The second kappa shape index (κ2) is 8.65. The molecule has 1 atom stereocenters. The summed E-state index contributed by atoms with van der Waals surface area (Å²) in [6, 6.07) is 12.4. The fourth-order valence-corrected chi connectivity index (χ4v) is 3.83. The van der Waals surface area contributed by atoms with Gasteiger partial charge in [-0.25, -0.2) is 0 Å². The summed E-state index contributed by atoms with van der Waals surface area (Å²) in [7, 11) is 0. The van der Waals surface area contributed by atoms with Crippen LogP contribution in [0.1, 0.15) is 48.9 Å². The van der Waals surface area contributed by atoms with E-state index in [0.29, 0.717) is 19.0 Å². The molecule has 1 amide bonds. The SMILES string of the molecule is C[C@@H](NCC(=O)Nc1ccc2c(c1)OCCCO2)c1ccc2c(c1)CCCC2. The molecule has 0 fully saturated rings. The summed E-state index contributed by atoms with van der Waals surface area (Å²) in [5.41, 5.74) is 4.91. The van der Waals surface area contributed by atoms with Crippen LogP contribution in [-0.4, -0.2) is 25.7 Å². The molecule has 148 valence electrons. The Morgan fingerprint density at radius 2 is 1.75 bits per heavy atom. The first kappa shape index (κ1) is 18.8. The normalized spacial score (nSPS) is 16.6. The Morgan fingerprint density at radius 1 is 0.964 bits per heavy atom. The number of hydrogen-bond acceptors (Lipinski definition) is 4. The van der Waals surface area contributed by atoms with Gasteiger partial charge in [-0.05, 0) is 61.4 Å². The standard InChI is InChI=1S/C23H28N2O3/c1-16(18-8-7-17-5-2-3-6-19(17)13-18)24-15-23(26)25-20-9-10-21-22(14-20)28-12-4-11-27-21/h7-10,13-14,16,24H,2-6,11-12,15H2,1H3,(H,25,26)/t16-/m1/s1. The van der Waals surface area contributed by atoms with Crippen LogP contribution in [0, 0.1) is 0 Å². The molecule has 2 aliphatic rings. The maximum absolute atomic E-state index is 12.4. The highest BCUT2D eigenvalue weighted by Gasteiger charge is 2.14. The molecule has 0 spiro atoms. The van der Waals surface area contributed by atoms with Gasteiger partial charge in [-0.1, -0.05) is 18.2 Å². The Kier molecular flexibility index (Phi) is 5.81. The molecule has 2 aromatic rings. The number of aryl methyl sites for hydroxylation is 2. The van der Waals surface area contributed by atoms with Crippen LogP contribution in [0.5, 0.6) is 11.5 Å². The van der Waals surface area contributed by atoms with Gasteiger partial charge in [-0.15, -0.1) is 0 Å². The highest BCUT2D eigenvalue weighted by Crippen LogP contribution is 2.32. The van der Waals surface area contributed by atoms with E-state index in [-0.39, 0.29) is 18.5 Å². The van der Waals surface area contributed by atoms with E-state index >= 15 is 0 Å². The smallest absolute Gasteiger partial charge is 0.238 e. The second-order valence-electron chi connectivity index (χ2n) is 7.60. The lowest BCUT2D eigenvalue weighted by atomic mass is 9.89. The summed E-state index contributed by atoms with van der Waals surface area (Å²) >= 11 is 0. The molecular weight excluding hydrogens is 352 g/mol. The number of hydrogen-bond donors (Lipinski definition) is 2. The van der Waals surface area contributed by atoms with Crippen molar-refractivity contribution in [3.8, 4) is 11.5 Å². The first-order valence-corrected chi connectivity index (χ1v) is 10.2. The van der Waals surface area contributed by atoms with Crippen molar-refractivity contribution in [1.29, 1.82) is 0 Å². The molecule has 1 aliphatic heterocycles. The molecule has 5 nitrogen and oxygen atoms in total. The van der Waals surface area contributed by atoms with Gasteiger partial charge in [0.25, 0.3) is 0 Å². The van der Waals surface area contributed by atoms with Crippen LogP contribution < -0.4 is 20.1 Å². The van der Waals surface area contributed by atoms with Gasteiger partial charge in [-0.2, -0.15) is 0 Å². The predicted octanol–water partition coefficient (Wildman–Crippen LogP) is 4.02. The summed E-state index contributed by atoms with van der Waals surface area (Å²) in [5, 5.41) is 6.26. The fraction of sp³-hybridized carbons (Fsp3) is 0.435. The molecule has 0 bridgehead atoms. The number of amides is 1. The molecule has 5 heteroatoms. The van der Waals surface area contributed by atoms with Gasteiger partial charge >= 0.3 is 0 Å². The van der Waals surface area contributed by atoms with Crippen molar-refractivity contribution in [2.24, 2.45) is 0 Å². The minimum atomic E-state index is -0.0701. The third-order valence-corrected chi connectivity index (χ3v) is 5.47. The molecule has 1 heterocycles. The highest BCUT2D eigenvalue weighted by atomic mass is 16.5. The third kappa shape index (κ3) is 4.47. The van der Waals surface area contributed by atoms with Gasteiger partial charge in [0.15, 0.2) is 11.5 Å². The summed E-state index contributed by atoms with van der Waals surface area (Å²) in [4.78, 5) is 12.4. The van der Waals surface area contributed by atoms with Crippen molar-refractivity contribution in [1.82, 2.24) is 5.32 Å². The number of carbonyl (C=O) groups excluding carboxylic acids is 1. The van der Waals surface area contributed by atoms with Crippen molar-refractivity contribution in [2.45, 2.75) is 45.1 Å². The maximum Gasteiger partial charge on any atom is 0.238 e. The van der Waals surface area contributed by atoms with Gasteiger partial charge < -0.3 is 20.1 Å². The summed E-state index contributed by atoms with van der Waals surface area (Å²) in [6.07, 6.45) is 5.78. The molecule has 0 unspecified atom stereocenters. The molecule has 4 rings (SSSR count). The Balaban J connectivity index is 1.32. The molecule has 28 heavy (non-hydrogen) atoms. The molecule has 0 saturated carbocycles. The zero-order valence-corrected chi connectivity index (χ0v) is 16.4. The van der Waals surface area contributed by atoms with E-state index in [4.69, 9.17) is 9.47 Å². The number of carbonyl (C=O) groups is 1. The fourth-order valence-electron chi connectivity index (χ4n) is 3.83. The van der Waals surface area contributed by atoms with Crippen molar-refractivity contribution in [2.75, 3.05) is 25.1 Å². The van der Waals surface area contributed by atoms with Crippen LogP contribution in [0.2, 0.25) is 0 Å². The van der Waals surface area contributed by atoms with E-state index in [9.17, 15) is 4.79 Å². The van der Waals surface area contributed by atoms with E-state index in [1.165, 1.54) is 42.4 Å². The lowest BCUT2D eigenvalue weighted by molar-refractivity contribution is -0.115. The average Bonchev–Trinajstić information content (AvgIpc) is 2.96. The monoisotopic (exact) mass is 380 g/mol. The topological polar surface area (TPSA) is 59.6 Å². The molecule has 0 radical (unpaired) electrons. The van der Waals surface area contributed by atoms with Crippen molar-refractivity contribution in [3.63, 3.8) is 0 Å². The molecule has 0 aromatic heterocycles. The van der Waals surface area contributed by atoms with Crippen molar-refractivity contribution < 1.29 is 14.3 Å². The van der Waals surface area contributed by atoms with Crippen molar-refractivity contribution >= 4 is 11.6 Å². The Morgan fingerprint density at radius 3 is 2.61 bits per heavy atom. The molecular formula is C23H28N2O3. The number of anilines is 1. The number of nitrogens with one attached hydrogen (secondary N) is 2. The number of benzene rings is 2. The summed E-state index contributed by atoms with van der Waals surface area (Å²) < 4.78 is 11.3. The lowest BCUT2D eigenvalue weighted by Gasteiger charge is -2.20. The lowest BCUT2D eigenvalue weighted by Crippen LogP contribution is -2.30. The minimum absolute atomic E-state index is 0.0701. The van der Waals surface area contributed by atoms with E-state index in [2.05, 4.69) is 35.8 Å². The van der Waals surface area contributed by atoms with Crippen LogP contribution in [0.4, 0.5) is 5.69 Å². The van der Waals surface area contributed by atoms with Crippen LogP contribution in [0.25, 0.3) is 0 Å². The van der Waals surface area contributed by atoms with Gasteiger partial charge in [0.05, 0.1) is 19.8 Å².